The summed E-state index contributed by atoms with van der Waals surface area (Å²) in [4.78, 5) is 20.1. The maximum Gasteiger partial charge on any atom is 0.266 e. The monoisotopic (exact) mass is 389 g/mol. The lowest BCUT2D eigenvalue weighted by Gasteiger charge is -2.39. The van der Waals surface area contributed by atoms with Crippen molar-refractivity contribution in [2.45, 2.75) is 12.0 Å². The highest BCUT2D eigenvalue weighted by atomic mass is 35.5. The van der Waals surface area contributed by atoms with Crippen LogP contribution in [0.15, 0.2) is 60.1 Å². The summed E-state index contributed by atoms with van der Waals surface area (Å²) in [6.45, 7) is 0.337. The molecule has 0 radical (unpaired) electrons. The van der Waals surface area contributed by atoms with E-state index in [2.05, 4.69) is 4.98 Å². The molecule has 1 aromatic carbocycles. The van der Waals surface area contributed by atoms with E-state index in [1.54, 1.807) is 33.7 Å². The second-order valence-corrected chi connectivity index (χ2v) is 7.14. The largest absolute Gasteiger partial charge is 0.494 e. The van der Waals surface area contributed by atoms with Gasteiger partial charge in [0.1, 0.15) is 16.5 Å². The number of thioether (sulfide) groups is 1. The van der Waals surface area contributed by atoms with Gasteiger partial charge in [0, 0.05) is 12.4 Å². The third-order valence-electron chi connectivity index (χ3n) is 4.14. The first-order valence-corrected chi connectivity index (χ1v) is 9.08. The van der Waals surface area contributed by atoms with E-state index >= 15 is 0 Å². The van der Waals surface area contributed by atoms with Gasteiger partial charge in [-0.1, -0.05) is 41.6 Å². The number of carbonyl (C=O) groups excluding carboxylic acids is 1. The molecule has 4 rings (SSSR count). The quantitative estimate of drug-likeness (QED) is 0.805. The lowest BCUT2D eigenvalue weighted by Crippen LogP contribution is -2.49. The predicted molar refractivity (Wildman–Crippen MR) is 98.1 cm³/mol. The summed E-state index contributed by atoms with van der Waals surface area (Å²) < 4.78 is 13.2. The van der Waals surface area contributed by atoms with Crippen molar-refractivity contribution in [1.82, 2.24) is 14.8 Å². The molecule has 0 spiro atoms. The van der Waals surface area contributed by atoms with Crippen LogP contribution in [0.3, 0.4) is 0 Å². The molecule has 132 valence electrons. The Morgan fingerprint density at radius 2 is 2.00 bits per heavy atom. The minimum Gasteiger partial charge on any atom is -0.494 e. The Kier molecular flexibility index (Phi) is 4.34. The third-order valence-corrected chi connectivity index (χ3v) is 5.37. The molecule has 0 bridgehead atoms. The van der Waals surface area contributed by atoms with Gasteiger partial charge >= 0.3 is 0 Å². The first-order chi connectivity index (χ1) is 12.5. The number of halogens is 2. The summed E-state index contributed by atoms with van der Waals surface area (Å²) in [5.41, 5.74) is 1.04. The Balaban J connectivity index is 1.76. The molecular weight excluding hydrogens is 377 g/mol. The van der Waals surface area contributed by atoms with Crippen molar-refractivity contribution >= 4 is 34.8 Å². The van der Waals surface area contributed by atoms with Gasteiger partial charge in [-0.15, -0.1) is 0 Å². The van der Waals surface area contributed by atoms with Gasteiger partial charge in [0.2, 0.25) is 5.88 Å². The second-order valence-electron chi connectivity index (χ2n) is 5.78. The Labute approximate surface area is 158 Å². The maximum atomic E-state index is 13.2. The van der Waals surface area contributed by atoms with Crippen molar-refractivity contribution in [3.8, 4) is 0 Å². The molecule has 2 aliphatic heterocycles. The van der Waals surface area contributed by atoms with Gasteiger partial charge < -0.3 is 10.0 Å². The van der Waals surface area contributed by atoms with Crippen LogP contribution >= 0.6 is 23.4 Å². The molecule has 0 saturated heterocycles. The molecule has 0 fully saturated rings. The smallest absolute Gasteiger partial charge is 0.266 e. The number of hydrogen-bond donors (Lipinski definition) is 1. The van der Waals surface area contributed by atoms with E-state index in [0.717, 1.165) is 5.56 Å². The van der Waals surface area contributed by atoms with Crippen LogP contribution < -0.4 is 0 Å². The van der Waals surface area contributed by atoms with Crippen molar-refractivity contribution < 1.29 is 14.3 Å². The molecule has 2 aliphatic rings. The van der Waals surface area contributed by atoms with Crippen molar-refractivity contribution in [2.75, 3.05) is 0 Å². The number of carbonyl (C=O) groups is 1. The minimum absolute atomic E-state index is 0.135. The van der Waals surface area contributed by atoms with E-state index in [9.17, 15) is 14.3 Å². The molecule has 26 heavy (non-hydrogen) atoms. The molecule has 1 aromatic heterocycles. The molecule has 0 aliphatic carbocycles. The number of pyridine rings is 1. The number of nitrogens with zero attached hydrogens (tertiary/aromatic N) is 3. The van der Waals surface area contributed by atoms with E-state index in [0.29, 0.717) is 17.3 Å². The number of fused-ring (bicyclic) bond motifs is 1. The zero-order valence-electron chi connectivity index (χ0n) is 13.3. The molecule has 1 amide bonds. The van der Waals surface area contributed by atoms with Crippen molar-refractivity contribution in [1.29, 1.82) is 0 Å². The van der Waals surface area contributed by atoms with Gasteiger partial charge in [-0.3, -0.25) is 9.69 Å². The highest BCUT2D eigenvalue weighted by molar-refractivity contribution is 8.02. The fourth-order valence-electron chi connectivity index (χ4n) is 2.89. The molecule has 0 saturated carbocycles. The lowest BCUT2D eigenvalue weighted by atomic mass is 10.0. The molecule has 1 atom stereocenters. The molecular formula is C18H13ClFN3O2S. The summed E-state index contributed by atoms with van der Waals surface area (Å²) in [6, 6.07) is 8.97. The third kappa shape index (κ3) is 2.93. The standard InChI is InChI=1S/C18H13ClFN3O2S/c19-14-6-1-11(9-21-14)10-23-17(25)15(12-2-4-13(20)5-3-12)16(24)22-7-8-26-18(22)23/h1-9,18,25H,10H2. The molecule has 5 nitrogen and oxygen atoms in total. The molecule has 8 heteroatoms. The van der Waals surface area contributed by atoms with Crippen LogP contribution in [0.2, 0.25) is 5.15 Å². The van der Waals surface area contributed by atoms with Crippen molar-refractivity contribution in [3.63, 3.8) is 0 Å². The van der Waals surface area contributed by atoms with Gasteiger partial charge in [0.05, 0.1) is 6.54 Å². The van der Waals surface area contributed by atoms with Gasteiger partial charge in [-0.25, -0.2) is 9.37 Å². The summed E-state index contributed by atoms with van der Waals surface area (Å²) in [6.07, 6.45) is 3.31. The minimum atomic E-state index is -0.407. The van der Waals surface area contributed by atoms with Crippen molar-refractivity contribution in [3.05, 3.63) is 82.2 Å². The van der Waals surface area contributed by atoms with E-state index < -0.39 is 5.82 Å². The Hall–Kier alpha value is -2.51. The Morgan fingerprint density at radius 1 is 1.23 bits per heavy atom. The van der Waals surface area contributed by atoms with Crippen LogP contribution in [0, 0.1) is 5.82 Å². The van der Waals surface area contributed by atoms with Crippen LogP contribution in [0.5, 0.6) is 0 Å². The number of rotatable bonds is 3. The fourth-order valence-corrected chi connectivity index (χ4v) is 3.97. The number of hydrogen-bond acceptors (Lipinski definition) is 5. The highest BCUT2D eigenvalue weighted by Crippen LogP contribution is 2.39. The summed E-state index contributed by atoms with van der Waals surface area (Å²) in [5.74, 6) is -0.879. The normalized spacial score (nSPS) is 19.3. The van der Waals surface area contributed by atoms with Crippen LogP contribution in [0.25, 0.3) is 5.57 Å². The van der Waals surface area contributed by atoms with Gasteiger partial charge in [0.25, 0.3) is 5.91 Å². The maximum absolute atomic E-state index is 13.2. The van der Waals surface area contributed by atoms with E-state index in [1.165, 1.54) is 36.0 Å². The molecule has 1 unspecified atom stereocenters. The van der Waals surface area contributed by atoms with Crippen LogP contribution in [0.4, 0.5) is 4.39 Å². The highest BCUT2D eigenvalue weighted by Gasteiger charge is 2.41. The van der Waals surface area contributed by atoms with Crippen molar-refractivity contribution in [2.24, 2.45) is 0 Å². The summed E-state index contributed by atoms with van der Waals surface area (Å²) >= 11 is 7.24. The van der Waals surface area contributed by atoms with E-state index in [1.807, 2.05) is 6.07 Å². The first-order valence-electron chi connectivity index (χ1n) is 7.75. The second kappa shape index (κ2) is 6.66. The number of aliphatic hydroxyl groups is 1. The van der Waals surface area contributed by atoms with Gasteiger partial charge in [0.15, 0.2) is 5.50 Å². The summed E-state index contributed by atoms with van der Waals surface area (Å²) in [7, 11) is 0. The predicted octanol–water partition coefficient (Wildman–Crippen LogP) is 3.95. The zero-order chi connectivity index (χ0) is 18.3. The number of amides is 1. The number of aromatic nitrogens is 1. The van der Waals surface area contributed by atoms with Gasteiger partial charge in [-0.2, -0.15) is 0 Å². The topological polar surface area (TPSA) is 56.7 Å². The van der Waals surface area contributed by atoms with Crippen LogP contribution in [-0.2, 0) is 11.3 Å². The average molecular weight is 390 g/mol. The van der Waals surface area contributed by atoms with E-state index in [-0.39, 0.29) is 22.9 Å². The molecule has 1 N–H and O–H groups in total. The van der Waals surface area contributed by atoms with Crippen LogP contribution in [0.1, 0.15) is 11.1 Å². The molecule has 3 heterocycles. The lowest BCUT2D eigenvalue weighted by molar-refractivity contribution is -0.127. The molecule has 2 aromatic rings. The summed E-state index contributed by atoms with van der Waals surface area (Å²) in [5, 5.41) is 13.0. The Bertz CT molecular complexity index is 915. The van der Waals surface area contributed by atoms with Crippen LogP contribution in [-0.4, -0.2) is 31.3 Å². The fraction of sp³-hybridized carbons (Fsp3) is 0.111. The SMILES string of the molecule is O=C1C(c2ccc(F)cc2)=C(O)N(Cc2ccc(Cl)nc2)C2SC=CN12. The first kappa shape index (κ1) is 16.9. The Morgan fingerprint density at radius 3 is 2.69 bits per heavy atom. The number of aliphatic hydroxyl groups excluding tert-OH is 1. The van der Waals surface area contributed by atoms with E-state index in [4.69, 9.17) is 11.6 Å². The van der Waals surface area contributed by atoms with Gasteiger partial charge in [-0.05, 0) is 34.7 Å². The average Bonchev–Trinajstić information content (AvgIpc) is 3.12. The zero-order valence-corrected chi connectivity index (χ0v) is 14.9. The number of benzene rings is 1.